The third-order valence-corrected chi connectivity index (χ3v) is 12.4. The van der Waals surface area contributed by atoms with E-state index in [-0.39, 0.29) is 47.3 Å². The molecule has 4 aromatic rings. The lowest BCUT2D eigenvalue weighted by Crippen LogP contribution is -2.49. The topological polar surface area (TPSA) is 249 Å². The summed E-state index contributed by atoms with van der Waals surface area (Å²) in [5, 5.41) is 30.2. The summed E-state index contributed by atoms with van der Waals surface area (Å²) in [5.41, 5.74) is 1.55. The number of nitrogens with zero attached hydrogens (tertiary/aromatic N) is 10. The Bertz CT molecular complexity index is 2280. The van der Waals surface area contributed by atoms with E-state index in [4.69, 9.17) is 29.5 Å². The number of carbonyl (C=O) groups excluding carboxylic acids is 2. The zero-order chi connectivity index (χ0) is 46.4. The van der Waals surface area contributed by atoms with E-state index in [1.165, 1.54) is 12.4 Å². The molecule has 4 fully saturated rings. The van der Waals surface area contributed by atoms with E-state index in [1.807, 2.05) is 21.9 Å². The Balaban J connectivity index is 0.000000196. The van der Waals surface area contributed by atoms with Crippen LogP contribution in [-0.2, 0) is 19.1 Å². The van der Waals surface area contributed by atoms with Crippen molar-refractivity contribution in [3.05, 3.63) is 92.0 Å². The van der Waals surface area contributed by atoms with Crippen LogP contribution in [0.15, 0.2) is 58.6 Å². The molecule has 2 N–H and O–H groups in total. The molecule has 2 aliphatic carbocycles. The Morgan fingerprint density at radius 2 is 1.00 bits per heavy atom. The third-order valence-electron chi connectivity index (χ3n) is 12.4. The largest absolute Gasteiger partial charge is 0.486 e. The molecule has 66 heavy (non-hydrogen) atoms. The summed E-state index contributed by atoms with van der Waals surface area (Å²) in [4.78, 5) is 65.4. The minimum Gasteiger partial charge on any atom is -0.486 e. The van der Waals surface area contributed by atoms with E-state index in [9.17, 15) is 19.2 Å². The first kappa shape index (κ1) is 47.1. The number of rotatable bonds is 14. The molecular formula is C46H56N12O8. The molecule has 2 amide bonds. The van der Waals surface area contributed by atoms with E-state index < -0.39 is 0 Å². The van der Waals surface area contributed by atoms with Crippen molar-refractivity contribution >= 4 is 23.5 Å². The quantitative estimate of drug-likeness (QED) is 0.185. The lowest BCUT2D eigenvalue weighted by Gasteiger charge is -2.35. The second kappa shape index (κ2) is 22.8. The summed E-state index contributed by atoms with van der Waals surface area (Å²) < 4.78 is 24.0. The van der Waals surface area contributed by atoms with E-state index in [1.54, 1.807) is 38.4 Å². The van der Waals surface area contributed by atoms with Crippen molar-refractivity contribution in [3.63, 3.8) is 0 Å². The number of anilines is 2. The fourth-order valence-corrected chi connectivity index (χ4v) is 8.44. The minimum absolute atomic E-state index is 0.0764. The first-order valence-electron chi connectivity index (χ1n) is 22.5. The van der Waals surface area contributed by atoms with Gasteiger partial charge < -0.3 is 38.5 Å². The summed E-state index contributed by atoms with van der Waals surface area (Å²) >= 11 is 0. The molecule has 20 nitrogen and oxygen atoms in total. The Kier molecular flexibility index (Phi) is 16.3. The number of aromatic amines is 2. The molecule has 4 aromatic heterocycles. The molecular weight excluding hydrogens is 849 g/mol. The molecule has 2 saturated carbocycles. The second-order valence-corrected chi connectivity index (χ2v) is 16.6. The van der Waals surface area contributed by atoms with Crippen LogP contribution in [-0.4, -0.2) is 142 Å². The lowest BCUT2D eigenvalue weighted by molar-refractivity contribution is -0.134. The van der Waals surface area contributed by atoms with Gasteiger partial charge in [-0.25, -0.2) is 20.2 Å². The first-order valence-corrected chi connectivity index (χ1v) is 22.5. The van der Waals surface area contributed by atoms with Crippen molar-refractivity contribution in [2.45, 2.75) is 89.6 Å². The summed E-state index contributed by atoms with van der Waals surface area (Å²) in [6.07, 6.45) is 11.7. The van der Waals surface area contributed by atoms with Gasteiger partial charge in [-0.3, -0.25) is 19.2 Å². The van der Waals surface area contributed by atoms with Gasteiger partial charge in [0.15, 0.2) is 0 Å². The van der Waals surface area contributed by atoms with E-state index in [0.29, 0.717) is 112 Å². The van der Waals surface area contributed by atoms with Crippen LogP contribution in [0.3, 0.4) is 0 Å². The number of amides is 2. The summed E-state index contributed by atoms with van der Waals surface area (Å²) in [7, 11) is 0. The van der Waals surface area contributed by atoms with Crippen LogP contribution in [0.2, 0.25) is 0 Å². The van der Waals surface area contributed by atoms with Gasteiger partial charge in [0.1, 0.15) is 47.5 Å². The number of H-pyrrole nitrogens is 2. The highest BCUT2D eigenvalue weighted by Gasteiger charge is 2.33. The molecule has 8 rings (SSSR count). The van der Waals surface area contributed by atoms with Gasteiger partial charge >= 0.3 is 0 Å². The van der Waals surface area contributed by atoms with Crippen LogP contribution >= 0.6 is 0 Å². The van der Waals surface area contributed by atoms with Crippen LogP contribution in [0.4, 0.5) is 11.6 Å². The number of nitriles is 2. The highest BCUT2D eigenvalue weighted by atomic mass is 16.5. The summed E-state index contributed by atoms with van der Waals surface area (Å²) in [5.74, 6) is 2.75. The molecule has 0 unspecified atom stereocenters. The average molecular weight is 905 g/mol. The fourth-order valence-electron chi connectivity index (χ4n) is 8.44. The van der Waals surface area contributed by atoms with Gasteiger partial charge in [-0.2, -0.15) is 20.7 Å². The number of carbonyl (C=O) groups is 2. The van der Waals surface area contributed by atoms with Gasteiger partial charge in [0, 0.05) is 64.8 Å². The molecule has 6 heterocycles. The molecule has 348 valence electrons. The lowest BCUT2D eigenvalue weighted by atomic mass is 10.2. The number of piperazine rings is 2. The number of hydrogen-bond acceptors (Lipinski definition) is 16. The van der Waals surface area contributed by atoms with Gasteiger partial charge in [0.25, 0.3) is 11.1 Å². The minimum atomic E-state index is -0.261. The van der Waals surface area contributed by atoms with E-state index in [0.717, 1.165) is 50.2 Å². The molecule has 2 saturated heterocycles. The maximum atomic E-state index is 12.7. The molecule has 4 aliphatic rings. The highest BCUT2D eigenvalue weighted by molar-refractivity contribution is 5.77. The summed E-state index contributed by atoms with van der Waals surface area (Å²) in [6.45, 7) is 9.42. The van der Waals surface area contributed by atoms with Gasteiger partial charge in [-0.15, -0.1) is 0 Å². The Morgan fingerprint density at radius 3 is 1.36 bits per heavy atom. The third kappa shape index (κ3) is 12.3. The molecule has 4 atom stereocenters. The molecule has 2 aliphatic heterocycles. The Labute approximate surface area is 382 Å². The van der Waals surface area contributed by atoms with Crippen LogP contribution in [0.5, 0.6) is 11.5 Å². The van der Waals surface area contributed by atoms with Crippen LogP contribution in [0.1, 0.15) is 73.6 Å². The molecule has 0 bridgehead atoms. The maximum Gasteiger partial charge on any atom is 0.270 e. The van der Waals surface area contributed by atoms with Gasteiger partial charge in [-0.05, 0) is 76.6 Å². The van der Waals surface area contributed by atoms with E-state index in [2.05, 4.69) is 52.3 Å². The zero-order valence-electron chi connectivity index (χ0n) is 37.4. The average Bonchev–Trinajstić information content (AvgIpc) is 4.00. The van der Waals surface area contributed by atoms with Gasteiger partial charge in [0.2, 0.25) is 11.8 Å². The van der Waals surface area contributed by atoms with Crippen molar-refractivity contribution in [1.29, 1.82) is 10.5 Å². The number of pyridine rings is 2. The first-order chi connectivity index (χ1) is 32.1. The van der Waals surface area contributed by atoms with E-state index >= 15 is 0 Å². The highest BCUT2D eigenvalue weighted by Crippen LogP contribution is 2.29. The van der Waals surface area contributed by atoms with Crippen LogP contribution in [0.25, 0.3) is 0 Å². The van der Waals surface area contributed by atoms with Gasteiger partial charge in [-0.1, -0.05) is 0 Å². The number of hydrogen-bond donors (Lipinski definition) is 2. The molecule has 20 heteroatoms. The Hall–Kier alpha value is -6.90. The van der Waals surface area contributed by atoms with Crippen LogP contribution in [0, 0.1) is 36.5 Å². The fraction of sp³-hybridized carbons (Fsp3) is 0.522. The number of ether oxygens (including phenoxy) is 4. The maximum absolute atomic E-state index is 12.7. The second-order valence-electron chi connectivity index (χ2n) is 16.6. The van der Waals surface area contributed by atoms with Crippen molar-refractivity contribution in [1.82, 2.24) is 40.2 Å². The van der Waals surface area contributed by atoms with Crippen molar-refractivity contribution in [3.8, 4) is 23.6 Å². The Morgan fingerprint density at radius 1 is 0.606 bits per heavy atom. The predicted molar refractivity (Wildman–Crippen MR) is 240 cm³/mol. The van der Waals surface area contributed by atoms with Crippen molar-refractivity contribution in [2.75, 3.05) is 75.4 Å². The monoisotopic (exact) mass is 904 g/mol. The zero-order valence-corrected chi connectivity index (χ0v) is 37.4. The smallest absolute Gasteiger partial charge is 0.270 e. The SMILES string of the molecule is Cc1c(O[C@@H]2CCC[C@H]2OCCC(=O)N2CCN(c3ccc(C#N)cn3)CC2)cn[nH]c1=O.Cc1c(O[C@H]2CCC[C@@H]2OCCC(=O)N2CCN(c3ccc(C#N)cn3)CC2)cn[nH]c1=O. The number of aromatic nitrogens is 6. The predicted octanol–water partition coefficient (Wildman–Crippen LogP) is 2.80. The molecule has 0 radical (unpaired) electrons. The standard InChI is InChI=1S/2C23H28N6O4/c2*1-16-20(15-26-27-23(16)31)33-19-4-2-3-18(19)32-12-7-22(30)29-10-8-28(9-11-29)21-6-5-17(13-24)14-25-21/h2*5-6,14-15,18-19H,2-4,7-12H2,1H3,(H,27,31)/t2*18-,19-/m10/s1. The number of nitrogens with one attached hydrogen (secondary N) is 2. The summed E-state index contributed by atoms with van der Waals surface area (Å²) in [6, 6.07) is 11.3. The normalized spacial score (nSPS) is 20.5. The molecule has 0 spiro atoms. The van der Waals surface area contributed by atoms with Gasteiger partial charge in [0.05, 0.1) is 72.9 Å². The van der Waals surface area contributed by atoms with Crippen molar-refractivity contribution < 1.29 is 28.5 Å². The molecule has 0 aromatic carbocycles. The van der Waals surface area contributed by atoms with Crippen molar-refractivity contribution in [2.24, 2.45) is 0 Å². The van der Waals surface area contributed by atoms with Crippen LogP contribution < -0.4 is 30.4 Å².